The number of rotatable bonds is 5. The van der Waals surface area contributed by atoms with Gasteiger partial charge in [0.1, 0.15) is 0 Å². The van der Waals surface area contributed by atoms with E-state index in [9.17, 15) is 14.7 Å². The smallest absolute Gasteiger partial charge is 0.332 e. The first-order valence-electron chi connectivity index (χ1n) is 8.89. The van der Waals surface area contributed by atoms with Crippen molar-refractivity contribution in [2.24, 2.45) is 14.1 Å². The van der Waals surface area contributed by atoms with Crippen LogP contribution in [0.5, 0.6) is 0 Å². The van der Waals surface area contributed by atoms with Gasteiger partial charge in [0, 0.05) is 26.7 Å². The number of aromatic nitrogens is 4. The van der Waals surface area contributed by atoms with Crippen molar-refractivity contribution < 1.29 is 5.11 Å². The Morgan fingerprint density at radius 1 is 1.24 bits per heavy atom. The number of aryl methyl sites for hydroxylation is 1. The molecule has 2 aromatic rings. The predicted molar refractivity (Wildman–Crippen MR) is 95.7 cm³/mol. The Morgan fingerprint density at radius 3 is 2.60 bits per heavy atom. The number of fused-ring (bicyclic) bond motifs is 1. The minimum Gasteiger partial charge on any atom is -0.390 e. The van der Waals surface area contributed by atoms with E-state index in [1.165, 1.54) is 50.0 Å². The van der Waals surface area contributed by atoms with Crippen LogP contribution in [0.25, 0.3) is 11.2 Å². The lowest BCUT2D eigenvalue weighted by atomic mass is 9.94. The van der Waals surface area contributed by atoms with Crippen molar-refractivity contribution in [3.8, 4) is 0 Å². The monoisotopic (exact) mass is 349 g/mol. The topological polar surface area (TPSA) is 85.3 Å². The van der Waals surface area contributed by atoms with Crippen LogP contribution in [-0.4, -0.2) is 54.4 Å². The maximum absolute atomic E-state index is 12.4. The summed E-state index contributed by atoms with van der Waals surface area (Å²) >= 11 is 0. The van der Waals surface area contributed by atoms with E-state index >= 15 is 0 Å². The Labute approximate surface area is 146 Å². The average molecular weight is 349 g/mol. The van der Waals surface area contributed by atoms with Crippen molar-refractivity contribution in [3.05, 3.63) is 27.2 Å². The molecule has 3 rings (SSSR count). The van der Waals surface area contributed by atoms with Gasteiger partial charge in [-0.2, -0.15) is 0 Å². The molecule has 1 atom stereocenters. The van der Waals surface area contributed by atoms with Crippen molar-refractivity contribution in [1.29, 1.82) is 0 Å². The van der Waals surface area contributed by atoms with E-state index in [0.717, 1.165) is 4.57 Å². The van der Waals surface area contributed by atoms with Gasteiger partial charge in [0.15, 0.2) is 11.2 Å². The highest BCUT2D eigenvalue weighted by Crippen LogP contribution is 2.21. The van der Waals surface area contributed by atoms with Gasteiger partial charge in [0.2, 0.25) is 0 Å². The normalized spacial score (nSPS) is 17.5. The van der Waals surface area contributed by atoms with Gasteiger partial charge in [-0.05, 0) is 19.9 Å². The lowest BCUT2D eigenvalue weighted by Gasteiger charge is -2.32. The van der Waals surface area contributed by atoms with Gasteiger partial charge >= 0.3 is 5.69 Å². The molecule has 1 aliphatic rings. The summed E-state index contributed by atoms with van der Waals surface area (Å²) in [7, 11) is 5.09. The van der Waals surface area contributed by atoms with E-state index in [-0.39, 0.29) is 12.1 Å². The van der Waals surface area contributed by atoms with Crippen LogP contribution in [0.2, 0.25) is 0 Å². The zero-order valence-electron chi connectivity index (χ0n) is 15.2. The molecule has 1 unspecified atom stereocenters. The van der Waals surface area contributed by atoms with Crippen molar-refractivity contribution >= 4 is 11.2 Å². The van der Waals surface area contributed by atoms with Gasteiger partial charge in [-0.15, -0.1) is 0 Å². The van der Waals surface area contributed by atoms with E-state index < -0.39 is 11.8 Å². The summed E-state index contributed by atoms with van der Waals surface area (Å²) in [5.41, 5.74) is -0.0892. The summed E-state index contributed by atoms with van der Waals surface area (Å²) < 4.78 is 4.07. The Balaban J connectivity index is 1.79. The fourth-order valence-electron chi connectivity index (χ4n) is 3.82. The number of aliphatic hydroxyl groups excluding tert-OH is 1. The Hall–Kier alpha value is -1.93. The average Bonchev–Trinajstić information content (AvgIpc) is 3.02. The second-order valence-corrected chi connectivity index (χ2v) is 7.16. The Kier molecular flexibility index (Phi) is 5.10. The van der Waals surface area contributed by atoms with Crippen molar-refractivity contribution in [2.75, 3.05) is 13.6 Å². The van der Waals surface area contributed by atoms with E-state index in [1.807, 2.05) is 7.05 Å². The number of hydrogen-bond acceptors (Lipinski definition) is 5. The molecule has 8 nitrogen and oxygen atoms in total. The van der Waals surface area contributed by atoms with Crippen LogP contribution in [0.15, 0.2) is 15.9 Å². The SMILES string of the molecule is CN(CC(O)Cn1cnc2c1c(=O)n(C)c(=O)n2C)C1CCCCC1. The Morgan fingerprint density at radius 2 is 1.92 bits per heavy atom. The number of likely N-dealkylation sites (N-methyl/N-ethyl adjacent to an activating group) is 1. The first kappa shape index (κ1) is 17.9. The largest absolute Gasteiger partial charge is 0.390 e. The molecule has 2 heterocycles. The second kappa shape index (κ2) is 7.13. The molecule has 1 saturated carbocycles. The molecule has 138 valence electrons. The molecule has 2 aromatic heterocycles. The minimum absolute atomic E-state index is 0.279. The molecule has 0 radical (unpaired) electrons. The summed E-state index contributed by atoms with van der Waals surface area (Å²) in [4.78, 5) is 30.8. The van der Waals surface area contributed by atoms with Gasteiger partial charge in [-0.1, -0.05) is 19.3 Å². The Bertz CT molecular complexity index is 860. The predicted octanol–water partition coefficient (Wildman–Crippen LogP) is 0.0591. The van der Waals surface area contributed by atoms with E-state index in [0.29, 0.717) is 23.8 Å². The van der Waals surface area contributed by atoms with Crippen LogP contribution in [0.1, 0.15) is 32.1 Å². The van der Waals surface area contributed by atoms with Crippen LogP contribution < -0.4 is 11.2 Å². The van der Waals surface area contributed by atoms with Crippen LogP contribution in [0.4, 0.5) is 0 Å². The molecule has 1 fully saturated rings. The second-order valence-electron chi connectivity index (χ2n) is 7.16. The van der Waals surface area contributed by atoms with Crippen molar-refractivity contribution in [1.82, 2.24) is 23.6 Å². The van der Waals surface area contributed by atoms with Gasteiger partial charge < -0.3 is 14.6 Å². The molecule has 1 N–H and O–H groups in total. The van der Waals surface area contributed by atoms with E-state index in [4.69, 9.17) is 0 Å². The molecular formula is C17H27N5O3. The molecule has 0 amide bonds. The van der Waals surface area contributed by atoms with Crippen LogP contribution in [-0.2, 0) is 20.6 Å². The molecule has 25 heavy (non-hydrogen) atoms. The van der Waals surface area contributed by atoms with E-state index in [2.05, 4.69) is 9.88 Å². The van der Waals surface area contributed by atoms with Crippen LogP contribution in [0.3, 0.4) is 0 Å². The van der Waals surface area contributed by atoms with Crippen molar-refractivity contribution in [2.45, 2.75) is 50.8 Å². The fourth-order valence-corrected chi connectivity index (χ4v) is 3.82. The molecule has 0 aliphatic heterocycles. The van der Waals surface area contributed by atoms with Gasteiger partial charge in [0.25, 0.3) is 5.56 Å². The third-order valence-corrected chi connectivity index (χ3v) is 5.32. The van der Waals surface area contributed by atoms with Crippen LogP contribution in [0, 0.1) is 0 Å². The first-order chi connectivity index (χ1) is 11.9. The van der Waals surface area contributed by atoms with Gasteiger partial charge in [-0.25, -0.2) is 9.78 Å². The third kappa shape index (κ3) is 3.41. The first-order valence-corrected chi connectivity index (χ1v) is 8.89. The molecule has 1 aliphatic carbocycles. The lowest BCUT2D eigenvalue weighted by molar-refractivity contribution is 0.0806. The summed E-state index contributed by atoms with van der Waals surface area (Å²) in [5.74, 6) is 0. The summed E-state index contributed by atoms with van der Waals surface area (Å²) in [5, 5.41) is 10.5. The minimum atomic E-state index is -0.605. The molecule has 0 saturated heterocycles. The third-order valence-electron chi connectivity index (χ3n) is 5.32. The highest BCUT2D eigenvalue weighted by molar-refractivity contribution is 5.69. The van der Waals surface area contributed by atoms with Crippen molar-refractivity contribution in [3.63, 3.8) is 0 Å². The molecule has 0 spiro atoms. The molecule has 0 aromatic carbocycles. The van der Waals surface area contributed by atoms with E-state index in [1.54, 1.807) is 11.6 Å². The summed E-state index contributed by atoms with van der Waals surface area (Å²) in [6.45, 7) is 0.831. The zero-order valence-corrected chi connectivity index (χ0v) is 15.2. The summed E-state index contributed by atoms with van der Waals surface area (Å²) in [6.07, 6.45) is 7.08. The zero-order chi connectivity index (χ0) is 18.1. The van der Waals surface area contributed by atoms with Gasteiger partial charge in [-0.3, -0.25) is 13.9 Å². The van der Waals surface area contributed by atoms with Crippen LogP contribution >= 0.6 is 0 Å². The fraction of sp³-hybridized carbons (Fsp3) is 0.706. The highest BCUT2D eigenvalue weighted by atomic mass is 16.3. The molecule has 0 bridgehead atoms. The van der Waals surface area contributed by atoms with Gasteiger partial charge in [0.05, 0.1) is 19.0 Å². The maximum Gasteiger partial charge on any atom is 0.332 e. The quantitative estimate of drug-likeness (QED) is 0.825. The highest BCUT2D eigenvalue weighted by Gasteiger charge is 2.21. The standard InChI is InChI=1S/C17H27N5O3/c1-19(12-7-5-4-6-8-12)9-13(23)10-22-11-18-15-14(22)16(24)21(3)17(25)20(15)2/h11-13,23H,4-10H2,1-3H3. The summed E-state index contributed by atoms with van der Waals surface area (Å²) in [6, 6.07) is 0.525. The lowest BCUT2D eigenvalue weighted by Crippen LogP contribution is -2.40. The molecule has 8 heteroatoms. The maximum atomic E-state index is 12.4. The number of imidazole rings is 1. The number of hydrogen-bond donors (Lipinski definition) is 1. The number of aliphatic hydroxyl groups is 1. The number of nitrogens with zero attached hydrogens (tertiary/aromatic N) is 5. The molecular weight excluding hydrogens is 322 g/mol.